The van der Waals surface area contributed by atoms with Gasteiger partial charge in [-0.3, -0.25) is 9.69 Å². The lowest BCUT2D eigenvalue weighted by Gasteiger charge is -2.27. The van der Waals surface area contributed by atoms with E-state index in [0.29, 0.717) is 6.54 Å². The molecule has 28 heavy (non-hydrogen) atoms. The fourth-order valence-corrected chi connectivity index (χ4v) is 4.24. The molecule has 0 saturated heterocycles. The third-order valence-corrected chi connectivity index (χ3v) is 6.09. The zero-order valence-corrected chi connectivity index (χ0v) is 18.2. The summed E-state index contributed by atoms with van der Waals surface area (Å²) in [5.74, 6) is 0.801. The highest BCUT2D eigenvalue weighted by molar-refractivity contribution is 7.98. The van der Waals surface area contributed by atoms with E-state index < -0.39 is 0 Å². The molecule has 1 aliphatic rings. The van der Waals surface area contributed by atoms with Gasteiger partial charge in [-0.2, -0.15) is 0 Å². The Hall–Kier alpha value is -1.63. The number of thioether (sulfide) groups is 1. The van der Waals surface area contributed by atoms with E-state index in [2.05, 4.69) is 54.9 Å². The number of fused-ring (bicyclic) bond motifs is 1. The van der Waals surface area contributed by atoms with E-state index >= 15 is 0 Å². The average Bonchev–Trinajstić information content (AvgIpc) is 2.66. The fraction of sp³-hybridized carbons (Fsp3) is 0.545. The van der Waals surface area contributed by atoms with Crippen LogP contribution in [0.2, 0.25) is 0 Å². The minimum atomic E-state index is 0.00650. The molecule has 6 heteroatoms. The zero-order valence-electron chi connectivity index (χ0n) is 17.4. The second kappa shape index (κ2) is 9.25. The summed E-state index contributed by atoms with van der Waals surface area (Å²) in [5.41, 5.74) is 4.51. The number of hydrogen-bond acceptors (Lipinski definition) is 5. The van der Waals surface area contributed by atoms with Crippen molar-refractivity contribution >= 4 is 11.8 Å². The normalized spacial score (nSPS) is 14.9. The van der Waals surface area contributed by atoms with Crippen molar-refractivity contribution in [3.05, 3.63) is 57.0 Å². The van der Waals surface area contributed by atoms with Crippen LogP contribution >= 0.6 is 11.8 Å². The molecule has 0 aliphatic carbocycles. The smallest absolute Gasteiger partial charge is 0.256 e. The quantitative estimate of drug-likeness (QED) is 0.435. The van der Waals surface area contributed by atoms with Gasteiger partial charge in [-0.1, -0.05) is 56.8 Å². The molecule has 0 bridgehead atoms. The van der Waals surface area contributed by atoms with Gasteiger partial charge in [-0.25, -0.2) is 4.98 Å². The number of H-pyrrole nitrogens is 1. The predicted molar refractivity (Wildman–Crippen MR) is 115 cm³/mol. The lowest BCUT2D eigenvalue weighted by Crippen LogP contribution is -2.36. The van der Waals surface area contributed by atoms with E-state index in [9.17, 15) is 4.79 Å². The highest BCUT2D eigenvalue weighted by Gasteiger charge is 2.21. The van der Waals surface area contributed by atoms with Gasteiger partial charge < -0.3 is 9.72 Å². The minimum Gasteiger partial charge on any atom is -0.385 e. The Morgan fingerprint density at radius 1 is 1.25 bits per heavy atom. The Bertz CT molecular complexity index is 840. The SMILES string of the molecule is COCCCN1CCc2nc(SCc3ccc(C(C)(C)C)cc3)[nH]c(=O)c2C1. The lowest BCUT2D eigenvalue weighted by atomic mass is 9.87. The molecule has 0 saturated carbocycles. The second-order valence-electron chi connectivity index (χ2n) is 8.40. The molecule has 5 nitrogen and oxygen atoms in total. The summed E-state index contributed by atoms with van der Waals surface area (Å²) in [5, 5.41) is 0.719. The van der Waals surface area contributed by atoms with E-state index in [1.807, 2.05) is 0 Å². The summed E-state index contributed by atoms with van der Waals surface area (Å²) in [4.78, 5) is 22.6. The molecule has 0 spiro atoms. The van der Waals surface area contributed by atoms with Crippen LogP contribution in [0.4, 0.5) is 0 Å². The van der Waals surface area contributed by atoms with Gasteiger partial charge in [0.2, 0.25) is 0 Å². The monoisotopic (exact) mass is 401 g/mol. The van der Waals surface area contributed by atoms with Crippen molar-refractivity contribution in [3.63, 3.8) is 0 Å². The molecule has 1 aromatic carbocycles. The molecule has 3 rings (SSSR count). The Balaban J connectivity index is 1.62. The van der Waals surface area contributed by atoms with E-state index in [1.165, 1.54) is 11.1 Å². The number of aromatic amines is 1. The highest BCUT2D eigenvalue weighted by Crippen LogP contribution is 2.25. The van der Waals surface area contributed by atoms with Gasteiger partial charge in [-0.05, 0) is 23.0 Å². The molecule has 0 amide bonds. The molecule has 152 valence electrons. The first kappa shape index (κ1) is 21.1. The first-order chi connectivity index (χ1) is 13.4. The fourth-order valence-electron chi connectivity index (χ4n) is 3.40. The molecule has 1 N–H and O–H groups in total. The predicted octanol–water partition coefficient (Wildman–Crippen LogP) is 3.75. The van der Waals surface area contributed by atoms with Crippen LogP contribution in [0.5, 0.6) is 0 Å². The van der Waals surface area contributed by atoms with Crippen molar-refractivity contribution in [1.82, 2.24) is 14.9 Å². The van der Waals surface area contributed by atoms with Crippen molar-refractivity contribution in [1.29, 1.82) is 0 Å². The first-order valence-corrected chi connectivity index (χ1v) is 10.9. The van der Waals surface area contributed by atoms with Crippen molar-refractivity contribution in [2.45, 2.75) is 56.5 Å². The van der Waals surface area contributed by atoms with Gasteiger partial charge in [0, 0.05) is 45.5 Å². The number of benzene rings is 1. The third-order valence-electron chi connectivity index (χ3n) is 5.14. The molecule has 0 unspecified atom stereocenters. The molecule has 0 radical (unpaired) electrons. The van der Waals surface area contributed by atoms with Crippen LogP contribution in [0.1, 0.15) is 49.6 Å². The molecule has 1 aliphatic heterocycles. The van der Waals surface area contributed by atoms with Crippen LogP contribution in [0.25, 0.3) is 0 Å². The standard InChI is InChI=1S/C22H31N3O2S/c1-22(2,3)17-8-6-16(7-9-17)15-28-21-23-19-10-12-25(11-5-13-27-4)14-18(19)20(26)24-21/h6-9H,5,10-15H2,1-4H3,(H,23,24,26). The van der Waals surface area contributed by atoms with Crippen LogP contribution in [0, 0.1) is 0 Å². The number of nitrogens with one attached hydrogen (secondary N) is 1. The number of methoxy groups -OCH3 is 1. The molecular weight excluding hydrogens is 370 g/mol. The van der Waals surface area contributed by atoms with Crippen LogP contribution in [-0.2, 0) is 28.9 Å². The number of aromatic nitrogens is 2. The van der Waals surface area contributed by atoms with Gasteiger partial charge in [0.15, 0.2) is 5.16 Å². The minimum absolute atomic E-state index is 0.00650. The van der Waals surface area contributed by atoms with Gasteiger partial charge in [0.25, 0.3) is 5.56 Å². The number of rotatable bonds is 7. The average molecular weight is 402 g/mol. The van der Waals surface area contributed by atoms with E-state index in [-0.39, 0.29) is 11.0 Å². The molecule has 0 fully saturated rings. The van der Waals surface area contributed by atoms with Crippen LogP contribution in [0.15, 0.2) is 34.2 Å². The molecular formula is C22H31N3O2S. The largest absolute Gasteiger partial charge is 0.385 e. The third kappa shape index (κ3) is 5.46. The van der Waals surface area contributed by atoms with Crippen molar-refractivity contribution < 1.29 is 4.74 Å². The molecule has 2 heterocycles. The lowest BCUT2D eigenvalue weighted by molar-refractivity contribution is 0.166. The summed E-state index contributed by atoms with van der Waals surface area (Å²) in [7, 11) is 1.72. The maximum Gasteiger partial charge on any atom is 0.256 e. The zero-order chi connectivity index (χ0) is 20.1. The Labute approximate surface area is 171 Å². The van der Waals surface area contributed by atoms with Crippen LogP contribution < -0.4 is 5.56 Å². The Morgan fingerprint density at radius 2 is 2.00 bits per heavy atom. The van der Waals surface area contributed by atoms with E-state index in [4.69, 9.17) is 9.72 Å². The van der Waals surface area contributed by atoms with E-state index in [1.54, 1.807) is 18.9 Å². The summed E-state index contributed by atoms with van der Waals surface area (Å²) in [6, 6.07) is 8.72. The number of hydrogen-bond donors (Lipinski definition) is 1. The van der Waals surface area contributed by atoms with Crippen LogP contribution in [0.3, 0.4) is 0 Å². The summed E-state index contributed by atoms with van der Waals surface area (Å²) in [6.45, 7) is 10.00. The van der Waals surface area contributed by atoms with Gasteiger partial charge in [0.05, 0.1) is 11.3 Å². The van der Waals surface area contributed by atoms with Crippen LogP contribution in [-0.4, -0.2) is 41.7 Å². The van der Waals surface area contributed by atoms with Crippen molar-refractivity contribution in [3.8, 4) is 0 Å². The van der Waals surface area contributed by atoms with Crippen molar-refractivity contribution in [2.75, 3.05) is 26.8 Å². The second-order valence-corrected chi connectivity index (χ2v) is 9.37. The Morgan fingerprint density at radius 3 is 2.68 bits per heavy atom. The highest BCUT2D eigenvalue weighted by atomic mass is 32.2. The topological polar surface area (TPSA) is 58.2 Å². The number of ether oxygens (including phenoxy) is 1. The maximum atomic E-state index is 12.6. The Kier molecular flexibility index (Phi) is 6.96. The maximum absolute atomic E-state index is 12.6. The van der Waals surface area contributed by atoms with E-state index in [0.717, 1.165) is 54.7 Å². The number of nitrogens with zero attached hydrogens (tertiary/aromatic N) is 2. The summed E-state index contributed by atoms with van der Waals surface area (Å²) >= 11 is 1.59. The van der Waals surface area contributed by atoms with Gasteiger partial charge in [0.1, 0.15) is 0 Å². The van der Waals surface area contributed by atoms with Gasteiger partial charge in [-0.15, -0.1) is 0 Å². The van der Waals surface area contributed by atoms with Gasteiger partial charge >= 0.3 is 0 Å². The molecule has 2 aromatic rings. The van der Waals surface area contributed by atoms with Crippen molar-refractivity contribution in [2.24, 2.45) is 0 Å². The summed E-state index contributed by atoms with van der Waals surface area (Å²) in [6.07, 6.45) is 1.82. The molecule has 1 aromatic heterocycles. The first-order valence-electron chi connectivity index (χ1n) is 9.92. The molecule has 0 atom stereocenters. The summed E-state index contributed by atoms with van der Waals surface area (Å²) < 4.78 is 5.12.